The molecule has 0 aliphatic rings. The molecule has 3 N–H and O–H groups in total. The number of hydrogen-bond donors (Lipinski definition) is 3. The van der Waals surface area contributed by atoms with E-state index in [4.69, 9.17) is 12.2 Å². The van der Waals surface area contributed by atoms with Crippen LogP contribution in [0.4, 0.5) is 13.2 Å². The van der Waals surface area contributed by atoms with Gasteiger partial charge in [0.2, 0.25) is 0 Å². The normalized spacial score (nSPS) is 11.1. The van der Waals surface area contributed by atoms with E-state index >= 15 is 0 Å². The number of carbonyl (C=O) groups excluding carboxylic acids is 1. The molecule has 1 aromatic heterocycles. The molecule has 0 bridgehead atoms. The number of carbonyl (C=O) groups is 1. The lowest BCUT2D eigenvalue weighted by atomic mass is 10.1. The van der Waals surface area contributed by atoms with Crippen molar-refractivity contribution < 1.29 is 22.7 Å². The topological polar surface area (TPSA) is 69.9 Å². The van der Waals surface area contributed by atoms with Crippen LogP contribution in [-0.4, -0.2) is 29.0 Å². The van der Waals surface area contributed by atoms with Gasteiger partial charge in [0, 0.05) is 6.54 Å². The summed E-state index contributed by atoms with van der Waals surface area (Å²) in [5.74, 6) is -0.933. The maximum absolute atomic E-state index is 13.7. The van der Waals surface area contributed by atoms with E-state index < -0.39 is 18.3 Å². The van der Waals surface area contributed by atoms with Crippen molar-refractivity contribution in [3.05, 3.63) is 58.1 Å². The third-order valence-corrected chi connectivity index (χ3v) is 3.89. The van der Waals surface area contributed by atoms with Gasteiger partial charge >= 0.3 is 6.61 Å². The minimum atomic E-state index is -2.87. The Morgan fingerprint density at radius 1 is 1.19 bits per heavy atom. The number of benzene rings is 2. The molecule has 0 unspecified atom stereocenters. The zero-order valence-corrected chi connectivity index (χ0v) is 14.1. The largest absolute Gasteiger partial charge is 0.435 e. The zero-order chi connectivity index (χ0) is 18.7. The van der Waals surface area contributed by atoms with Crippen LogP contribution in [0.1, 0.15) is 15.9 Å². The van der Waals surface area contributed by atoms with Gasteiger partial charge in [0.25, 0.3) is 5.91 Å². The van der Waals surface area contributed by atoms with Crippen LogP contribution in [-0.2, 0) is 6.42 Å². The first-order valence-electron chi connectivity index (χ1n) is 7.66. The van der Waals surface area contributed by atoms with E-state index in [9.17, 15) is 18.0 Å². The predicted octanol–water partition coefficient (Wildman–Crippen LogP) is 3.94. The van der Waals surface area contributed by atoms with Gasteiger partial charge < -0.3 is 20.0 Å². The van der Waals surface area contributed by atoms with Crippen LogP contribution in [0.25, 0.3) is 11.0 Å². The molecule has 0 aliphatic heterocycles. The van der Waals surface area contributed by atoms with Gasteiger partial charge in [0.1, 0.15) is 11.6 Å². The van der Waals surface area contributed by atoms with E-state index in [-0.39, 0.29) is 17.9 Å². The molecule has 26 heavy (non-hydrogen) atoms. The number of H-pyrrole nitrogens is 2. The first-order chi connectivity index (χ1) is 12.4. The monoisotopic (exact) mass is 381 g/mol. The summed E-state index contributed by atoms with van der Waals surface area (Å²) in [6, 6.07) is 8.51. The second-order valence-corrected chi connectivity index (χ2v) is 5.89. The second-order valence-electron chi connectivity index (χ2n) is 5.48. The van der Waals surface area contributed by atoms with Gasteiger partial charge in [0.05, 0.1) is 16.6 Å². The van der Waals surface area contributed by atoms with E-state index in [0.717, 1.165) is 11.6 Å². The number of nitrogens with one attached hydrogen (secondary N) is 3. The van der Waals surface area contributed by atoms with Gasteiger partial charge in [-0.2, -0.15) is 8.78 Å². The Morgan fingerprint density at radius 3 is 2.62 bits per heavy atom. The molecule has 2 aromatic carbocycles. The molecule has 0 saturated carbocycles. The van der Waals surface area contributed by atoms with Crippen LogP contribution < -0.4 is 10.1 Å². The first kappa shape index (κ1) is 18.0. The van der Waals surface area contributed by atoms with Gasteiger partial charge in [-0.15, -0.1) is 0 Å². The maximum Gasteiger partial charge on any atom is 0.387 e. The highest BCUT2D eigenvalue weighted by Crippen LogP contribution is 2.18. The number of halogens is 3. The van der Waals surface area contributed by atoms with Crippen molar-refractivity contribution in [1.82, 2.24) is 15.3 Å². The van der Waals surface area contributed by atoms with Crippen LogP contribution in [0.15, 0.2) is 36.4 Å². The molecule has 0 radical (unpaired) electrons. The average molecular weight is 381 g/mol. The number of rotatable bonds is 6. The van der Waals surface area contributed by atoms with E-state index in [0.29, 0.717) is 22.2 Å². The molecular weight excluding hydrogens is 367 g/mol. The molecule has 5 nitrogen and oxygen atoms in total. The fourth-order valence-corrected chi connectivity index (χ4v) is 2.75. The molecule has 3 rings (SSSR count). The van der Waals surface area contributed by atoms with Crippen molar-refractivity contribution >= 4 is 29.2 Å². The van der Waals surface area contributed by atoms with E-state index in [1.807, 2.05) is 0 Å². The number of hydrogen-bond acceptors (Lipinski definition) is 3. The Labute approximate surface area is 151 Å². The fraction of sp³-hybridized carbons (Fsp3) is 0.176. The molecule has 0 atom stereocenters. The summed E-state index contributed by atoms with van der Waals surface area (Å²) >= 11 is 4.97. The van der Waals surface area contributed by atoms with Gasteiger partial charge in [-0.25, -0.2) is 4.39 Å². The molecule has 1 heterocycles. The molecule has 136 valence electrons. The Balaban J connectivity index is 1.63. The second kappa shape index (κ2) is 7.61. The summed E-state index contributed by atoms with van der Waals surface area (Å²) in [5.41, 5.74) is 1.82. The highest BCUT2D eigenvalue weighted by molar-refractivity contribution is 7.71. The van der Waals surface area contributed by atoms with Crippen molar-refractivity contribution in [2.24, 2.45) is 0 Å². The third kappa shape index (κ3) is 4.23. The number of aromatic nitrogens is 2. The summed E-state index contributed by atoms with van der Waals surface area (Å²) < 4.78 is 42.5. The summed E-state index contributed by atoms with van der Waals surface area (Å²) in [7, 11) is 0. The number of imidazole rings is 1. The van der Waals surface area contributed by atoms with Crippen molar-refractivity contribution in [2.45, 2.75) is 13.0 Å². The van der Waals surface area contributed by atoms with E-state index in [1.165, 1.54) is 18.2 Å². The lowest BCUT2D eigenvalue weighted by molar-refractivity contribution is -0.0498. The summed E-state index contributed by atoms with van der Waals surface area (Å²) in [5, 5.41) is 2.70. The van der Waals surface area contributed by atoms with Crippen LogP contribution in [0.5, 0.6) is 5.75 Å². The standard InChI is InChI=1S/C17H14F3N3O2S/c18-10-7-12(14-13(8-10)22-17(26)23-14)15(24)21-6-5-9-1-3-11(4-2-9)25-16(19)20/h1-4,7-8,16H,5-6H2,(H,21,24)(H2,22,23,26). The third-order valence-electron chi connectivity index (χ3n) is 3.68. The lowest BCUT2D eigenvalue weighted by Crippen LogP contribution is -2.26. The molecule has 0 aliphatic carbocycles. The molecular formula is C17H14F3N3O2S. The Kier molecular flexibility index (Phi) is 5.27. The average Bonchev–Trinajstić information content (AvgIpc) is 2.95. The van der Waals surface area contributed by atoms with Crippen LogP contribution in [0, 0.1) is 10.6 Å². The molecule has 0 saturated heterocycles. The van der Waals surface area contributed by atoms with E-state index in [2.05, 4.69) is 20.0 Å². The number of ether oxygens (including phenoxy) is 1. The minimum Gasteiger partial charge on any atom is -0.435 e. The predicted molar refractivity (Wildman–Crippen MR) is 92.6 cm³/mol. The molecule has 0 spiro atoms. The van der Waals surface area contributed by atoms with Gasteiger partial charge in [-0.3, -0.25) is 4.79 Å². The Morgan fingerprint density at radius 2 is 1.92 bits per heavy atom. The summed E-state index contributed by atoms with van der Waals surface area (Å²) in [6.45, 7) is -2.58. The van der Waals surface area contributed by atoms with Crippen molar-refractivity contribution in [1.29, 1.82) is 0 Å². The summed E-state index contributed by atoms with van der Waals surface area (Å²) in [4.78, 5) is 17.9. The SMILES string of the molecule is O=C(NCCc1ccc(OC(F)F)cc1)c1cc(F)cc2[nH]c(=S)[nH]c12. The quantitative estimate of drug-likeness (QED) is 0.567. The van der Waals surface area contributed by atoms with Gasteiger partial charge in [-0.1, -0.05) is 12.1 Å². The maximum atomic E-state index is 13.7. The Hall–Kier alpha value is -2.81. The molecule has 3 aromatic rings. The molecule has 0 fully saturated rings. The van der Waals surface area contributed by atoms with E-state index in [1.54, 1.807) is 12.1 Å². The number of amides is 1. The van der Waals surface area contributed by atoms with Gasteiger partial charge in [0.15, 0.2) is 4.77 Å². The van der Waals surface area contributed by atoms with Crippen LogP contribution in [0.3, 0.4) is 0 Å². The van der Waals surface area contributed by atoms with Crippen molar-refractivity contribution in [3.63, 3.8) is 0 Å². The molecule has 1 amide bonds. The zero-order valence-electron chi connectivity index (χ0n) is 13.3. The lowest BCUT2D eigenvalue weighted by Gasteiger charge is -2.08. The van der Waals surface area contributed by atoms with Crippen LogP contribution >= 0.6 is 12.2 Å². The van der Waals surface area contributed by atoms with Crippen molar-refractivity contribution in [2.75, 3.05) is 6.54 Å². The Bertz CT molecular complexity index is 983. The minimum absolute atomic E-state index is 0.0673. The highest BCUT2D eigenvalue weighted by Gasteiger charge is 2.13. The number of aromatic amines is 2. The fourth-order valence-electron chi connectivity index (χ4n) is 2.54. The molecule has 9 heteroatoms. The van der Waals surface area contributed by atoms with Crippen LogP contribution in [0.2, 0.25) is 0 Å². The smallest absolute Gasteiger partial charge is 0.387 e. The number of fused-ring (bicyclic) bond motifs is 1. The number of alkyl halides is 2. The summed E-state index contributed by atoms with van der Waals surface area (Å²) in [6.07, 6.45) is 0.474. The highest BCUT2D eigenvalue weighted by atomic mass is 32.1. The van der Waals surface area contributed by atoms with Crippen molar-refractivity contribution in [3.8, 4) is 5.75 Å². The first-order valence-corrected chi connectivity index (χ1v) is 8.06. The van der Waals surface area contributed by atoms with Gasteiger partial charge in [-0.05, 0) is 48.5 Å².